The number of thioether (sulfide) groups is 1. The zero-order valence-corrected chi connectivity index (χ0v) is 11.0. The summed E-state index contributed by atoms with van der Waals surface area (Å²) in [7, 11) is 0. The monoisotopic (exact) mass is 279 g/mol. The first-order valence-corrected chi connectivity index (χ1v) is 6.80. The van der Waals surface area contributed by atoms with Gasteiger partial charge in [0.1, 0.15) is 11.6 Å². The number of benzene rings is 1. The molecule has 0 atom stereocenters. The lowest BCUT2D eigenvalue weighted by Gasteiger charge is -2.03. The van der Waals surface area contributed by atoms with Crippen LogP contribution in [0.4, 0.5) is 8.78 Å². The lowest BCUT2D eigenvalue weighted by Crippen LogP contribution is -2.06. The van der Waals surface area contributed by atoms with Gasteiger partial charge in [0, 0.05) is 24.2 Å². The number of hydrogen-bond acceptors (Lipinski definition) is 3. The molecule has 0 bridgehead atoms. The van der Waals surface area contributed by atoms with E-state index in [1.807, 2.05) is 6.26 Å². The molecule has 0 spiro atoms. The van der Waals surface area contributed by atoms with E-state index in [1.54, 1.807) is 12.1 Å². The van der Waals surface area contributed by atoms with E-state index in [1.165, 1.54) is 24.0 Å². The summed E-state index contributed by atoms with van der Waals surface area (Å²) in [5.74, 6) is -1.60. The highest BCUT2D eigenvalue weighted by molar-refractivity contribution is 7.98. The van der Waals surface area contributed by atoms with Crippen LogP contribution in [-0.2, 0) is 6.42 Å². The van der Waals surface area contributed by atoms with Gasteiger partial charge >= 0.3 is 0 Å². The average molecular weight is 279 g/mol. The topological polar surface area (TPSA) is 30.0 Å². The molecule has 0 aliphatic carbocycles. The highest BCUT2D eigenvalue weighted by Crippen LogP contribution is 2.15. The molecule has 0 fully saturated rings. The highest BCUT2D eigenvalue weighted by Gasteiger charge is 2.11. The van der Waals surface area contributed by atoms with Crippen molar-refractivity contribution in [3.8, 4) is 0 Å². The molecule has 19 heavy (non-hydrogen) atoms. The number of Topliss-reactive ketones (excluding diaryl/α,β-unsaturated/α-hetero) is 1. The molecule has 2 aromatic rings. The summed E-state index contributed by atoms with van der Waals surface area (Å²) in [6.45, 7) is 0. The first-order valence-electron chi connectivity index (χ1n) is 5.57. The Morgan fingerprint density at radius 3 is 2.63 bits per heavy atom. The summed E-state index contributed by atoms with van der Waals surface area (Å²) >= 11 is 1.47. The van der Waals surface area contributed by atoms with Crippen LogP contribution in [0.1, 0.15) is 15.9 Å². The summed E-state index contributed by atoms with van der Waals surface area (Å²) in [5.41, 5.74) is 0.599. The lowest BCUT2D eigenvalue weighted by molar-refractivity contribution is 0.0991. The Morgan fingerprint density at radius 1 is 1.26 bits per heavy atom. The minimum atomic E-state index is -0.706. The Hall–Kier alpha value is -1.75. The third-order valence-electron chi connectivity index (χ3n) is 2.63. The number of carbonyl (C=O) groups excluding carboxylic acids is 1. The summed E-state index contributed by atoms with van der Waals surface area (Å²) < 4.78 is 26.2. The quantitative estimate of drug-likeness (QED) is 0.633. The molecule has 0 aliphatic rings. The highest BCUT2D eigenvalue weighted by atomic mass is 32.2. The van der Waals surface area contributed by atoms with E-state index < -0.39 is 11.6 Å². The van der Waals surface area contributed by atoms with Gasteiger partial charge in [-0.25, -0.2) is 13.8 Å². The first-order chi connectivity index (χ1) is 9.10. The van der Waals surface area contributed by atoms with E-state index in [2.05, 4.69) is 4.98 Å². The third-order valence-corrected chi connectivity index (χ3v) is 3.29. The molecular weight excluding hydrogens is 268 g/mol. The fourth-order valence-electron chi connectivity index (χ4n) is 1.61. The molecule has 2 rings (SSSR count). The molecule has 0 unspecified atom stereocenters. The predicted octanol–water partition coefficient (Wildman–Crippen LogP) is 3.51. The van der Waals surface area contributed by atoms with E-state index in [-0.39, 0.29) is 17.8 Å². The molecule has 0 aliphatic heterocycles. The van der Waals surface area contributed by atoms with Crippen molar-refractivity contribution in [1.82, 2.24) is 4.98 Å². The van der Waals surface area contributed by atoms with Crippen molar-refractivity contribution < 1.29 is 13.6 Å². The van der Waals surface area contributed by atoms with Gasteiger partial charge < -0.3 is 0 Å². The van der Waals surface area contributed by atoms with Gasteiger partial charge in [0.2, 0.25) is 0 Å². The number of nitrogens with zero attached hydrogens (tertiary/aromatic N) is 1. The van der Waals surface area contributed by atoms with Crippen LogP contribution in [0.3, 0.4) is 0 Å². The number of rotatable bonds is 4. The van der Waals surface area contributed by atoms with Crippen LogP contribution in [0.15, 0.2) is 41.6 Å². The molecule has 1 aromatic carbocycles. The minimum Gasteiger partial charge on any atom is -0.294 e. The number of ketones is 1. The van der Waals surface area contributed by atoms with E-state index in [9.17, 15) is 13.6 Å². The van der Waals surface area contributed by atoms with Crippen molar-refractivity contribution in [3.63, 3.8) is 0 Å². The molecule has 0 radical (unpaired) electrons. The van der Waals surface area contributed by atoms with Crippen LogP contribution < -0.4 is 0 Å². The van der Waals surface area contributed by atoms with Gasteiger partial charge in [-0.05, 0) is 30.0 Å². The van der Waals surface area contributed by atoms with E-state index in [0.29, 0.717) is 5.56 Å². The molecule has 0 saturated carbocycles. The van der Waals surface area contributed by atoms with Gasteiger partial charge in [-0.1, -0.05) is 6.07 Å². The lowest BCUT2D eigenvalue weighted by atomic mass is 10.0. The smallest absolute Gasteiger partial charge is 0.168 e. The van der Waals surface area contributed by atoms with Gasteiger partial charge in [0.05, 0.1) is 5.03 Å². The second-order valence-electron chi connectivity index (χ2n) is 3.92. The van der Waals surface area contributed by atoms with Crippen LogP contribution in [0.2, 0.25) is 0 Å². The molecular formula is C14H11F2NOS. The molecule has 98 valence electrons. The molecule has 5 heteroatoms. The summed E-state index contributed by atoms with van der Waals surface area (Å²) in [4.78, 5) is 16.0. The zero-order chi connectivity index (χ0) is 13.8. The summed E-state index contributed by atoms with van der Waals surface area (Å²) in [6.07, 6.45) is 3.25. The van der Waals surface area contributed by atoms with Crippen molar-refractivity contribution in [3.05, 3.63) is 59.3 Å². The minimum absolute atomic E-state index is 0.105. The molecule has 0 N–H and O–H groups in total. The van der Waals surface area contributed by atoms with E-state index >= 15 is 0 Å². The SMILES string of the molecule is CSc1ccc(C(=O)Cc2ccc(F)cc2F)cn1. The normalized spacial score (nSPS) is 10.5. The van der Waals surface area contributed by atoms with Gasteiger partial charge in [0.15, 0.2) is 5.78 Å². The largest absolute Gasteiger partial charge is 0.294 e. The van der Waals surface area contributed by atoms with E-state index in [4.69, 9.17) is 0 Å². The Kier molecular flexibility index (Phi) is 4.27. The first kappa shape index (κ1) is 13.7. The number of hydrogen-bond donors (Lipinski definition) is 0. The van der Waals surface area contributed by atoms with Crippen molar-refractivity contribution >= 4 is 17.5 Å². The average Bonchev–Trinajstić information content (AvgIpc) is 2.42. The fourth-order valence-corrected chi connectivity index (χ4v) is 1.97. The Bertz CT molecular complexity index is 599. The number of pyridine rings is 1. The van der Waals surface area contributed by atoms with E-state index in [0.717, 1.165) is 17.2 Å². The Labute approximate surface area is 113 Å². The summed E-state index contributed by atoms with van der Waals surface area (Å²) in [5, 5.41) is 0.810. The van der Waals surface area contributed by atoms with Crippen molar-refractivity contribution in [2.45, 2.75) is 11.4 Å². The van der Waals surface area contributed by atoms with Gasteiger partial charge in [-0.2, -0.15) is 0 Å². The number of carbonyl (C=O) groups is 1. The van der Waals surface area contributed by atoms with Gasteiger partial charge in [-0.3, -0.25) is 4.79 Å². The molecule has 0 saturated heterocycles. The number of halogens is 2. The zero-order valence-electron chi connectivity index (χ0n) is 10.2. The second-order valence-corrected chi connectivity index (χ2v) is 4.75. The predicted molar refractivity (Wildman–Crippen MR) is 70.4 cm³/mol. The second kappa shape index (κ2) is 5.93. The maximum atomic E-state index is 13.4. The maximum Gasteiger partial charge on any atom is 0.168 e. The molecule has 1 aromatic heterocycles. The Morgan fingerprint density at radius 2 is 2.05 bits per heavy atom. The van der Waals surface area contributed by atoms with Crippen LogP contribution in [-0.4, -0.2) is 17.0 Å². The fraction of sp³-hybridized carbons (Fsp3) is 0.143. The van der Waals surface area contributed by atoms with Gasteiger partial charge in [0.25, 0.3) is 0 Å². The third kappa shape index (κ3) is 3.38. The van der Waals surface area contributed by atoms with Crippen molar-refractivity contribution in [2.24, 2.45) is 0 Å². The van der Waals surface area contributed by atoms with Crippen LogP contribution >= 0.6 is 11.8 Å². The van der Waals surface area contributed by atoms with Crippen LogP contribution in [0, 0.1) is 11.6 Å². The molecule has 0 amide bonds. The number of aromatic nitrogens is 1. The van der Waals surface area contributed by atoms with Crippen molar-refractivity contribution in [2.75, 3.05) is 6.26 Å². The summed E-state index contributed by atoms with van der Waals surface area (Å²) in [6, 6.07) is 6.59. The Balaban J connectivity index is 2.15. The standard InChI is InChI=1S/C14H11F2NOS/c1-19-14-5-3-10(8-17-14)13(18)6-9-2-4-11(15)7-12(9)16/h2-5,7-8H,6H2,1H3. The van der Waals surface area contributed by atoms with Crippen LogP contribution in [0.25, 0.3) is 0 Å². The maximum absolute atomic E-state index is 13.4. The van der Waals surface area contributed by atoms with Crippen molar-refractivity contribution in [1.29, 1.82) is 0 Å². The molecule has 2 nitrogen and oxygen atoms in total. The molecule has 1 heterocycles. The van der Waals surface area contributed by atoms with Crippen LogP contribution in [0.5, 0.6) is 0 Å². The van der Waals surface area contributed by atoms with Gasteiger partial charge in [-0.15, -0.1) is 11.8 Å².